The second-order valence-corrected chi connectivity index (χ2v) is 18.1. The maximum Gasteiger partial charge on any atom is 0.0799 e. The fourth-order valence-electron chi connectivity index (χ4n) is 12.3. The SMILES string of the molecule is CCC1=C(C2CCc3cc4cc#ccc4cc3C3C=Cc4ccccc4C23)N(C)C(c2ccc3c(c2)-c2ccccc2C3(C)C)C2=C1C(C)(C)c1ccccc12. The van der Waals surface area contributed by atoms with Gasteiger partial charge in [0.1, 0.15) is 0 Å². The van der Waals surface area contributed by atoms with Crippen LogP contribution in [0.15, 0.2) is 138 Å². The van der Waals surface area contributed by atoms with Crippen LogP contribution in [-0.4, -0.2) is 11.9 Å². The summed E-state index contributed by atoms with van der Waals surface area (Å²) in [5.41, 5.74) is 21.8. The van der Waals surface area contributed by atoms with Gasteiger partial charge in [-0.25, -0.2) is 0 Å². The monoisotopic (exact) mass is 723 g/mol. The van der Waals surface area contributed by atoms with Gasteiger partial charge in [-0.2, -0.15) is 0 Å². The van der Waals surface area contributed by atoms with E-state index in [0.717, 1.165) is 19.3 Å². The minimum Gasteiger partial charge on any atom is -0.366 e. The van der Waals surface area contributed by atoms with Crippen LogP contribution in [0.1, 0.15) is 115 Å². The van der Waals surface area contributed by atoms with E-state index in [-0.39, 0.29) is 22.8 Å². The lowest BCUT2D eigenvalue weighted by Crippen LogP contribution is -2.38. The Balaban J connectivity index is 1.16. The van der Waals surface area contributed by atoms with E-state index in [0.29, 0.717) is 11.8 Å². The highest BCUT2D eigenvalue weighted by Gasteiger charge is 2.50. The minimum absolute atomic E-state index is 0.0249. The first-order valence-electron chi connectivity index (χ1n) is 20.8. The average molecular weight is 724 g/mol. The number of hydrogen-bond acceptors (Lipinski definition) is 1. The fraction of sp³-hybridized carbons (Fsp3) is 0.273. The number of rotatable bonds is 3. The molecule has 0 saturated carbocycles. The molecule has 0 spiro atoms. The maximum atomic E-state index is 3.25. The Hall–Kier alpha value is -5.58. The van der Waals surface area contributed by atoms with Crippen molar-refractivity contribution in [1.29, 1.82) is 0 Å². The third-order valence-electron chi connectivity index (χ3n) is 14.7. The number of benzene rings is 5. The molecular weight excluding hydrogens is 675 g/mol. The Morgan fingerprint density at radius 1 is 0.696 bits per heavy atom. The van der Waals surface area contributed by atoms with Crippen LogP contribution in [0.4, 0.5) is 0 Å². The second kappa shape index (κ2) is 12.0. The Morgan fingerprint density at radius 2 is 1.38 bits per heavy atom. The molecule has 0 aromatic heterocycles. The first kappa shape index (κ1) is 33.7. The molecule has 5 aliphatic rings. The molecule has 274 valence electrons. The van der Waals surface area contributed by atoms with Crippen LogP contribution in [0.25, 0.3) is 33.5 Å². The first-order chi connectivity index (χ1) is 27.2. The maximum absolute atomic E-state index is 3.25. The van der Waals surface area contributed by atoms with Gasteiger partial charge in [-0.1, -0.05) is 150 Å². The van der Waals surface area contributed by atoms with Gasteiger partial charge in [0.25, 0.3) is 0 Å². The van der Waals surface area contributed by atoms with Crippen molar-refractivity contribution in [3.8, 4) is 11.1 Å². The average Bonchev–Trinajstić information content (AvgIpc) is 3.51. The minimum atomic E-state index is -0.116. The highest BCUT2D eigenvalue weighted by Crippen LogP contribution is 2.62. The standard InChI is InChI=1S/C55H49N/c1-7-38-51-50(42-21-13-15-23-47(42)55(51,4)5)52(37-26-29-48-45(32-37)40-20-12-14-22-46(40)54(48,2)3)56(6)53(38)43-28-25-36-30-34-17-8-9-18-35(34)31-44(36)41-27-24-33-16-10-11-19-39(33)49(41)43/h10-24,26-27,29-32,41,43,49,52H,7,25,28H2,1-6H3. The van der Waals surface area contributed by atoms with E-state index < -0.39 is 0 Å². The summed E-state index contributed by atoms with van der Waals surface area (Å²) in [5, 5.41) is 2.53. The van der Waals surface area contributed by atoms with Gasteiger partial charge in [-0.05, 0) is 132 Å². The summed E-state index contributed by atoms with van der Waals surface area (Å²) < 4.78 is 0. The predicted octanol–water partition coefficient (Wildman–Crippen LogP) is 13.3. The summed E-state index contributed by atoms with van der Waals surface area (Å²) in [6, 6.07) is 50.9. The van der Waals surface area contributed by atoms with E-state index in [1.165, 1.54) is 77.5 Å². The van der Waals surface area contributed by atoms with Gasteiger partial charge < -0.3 is 4.90 Å². The highest BCUT2D eigenvalue weighted by molar-refractivity contribution is 5.90. The van der Waals surface area contributed by atoms with Crippen molar-refractivity contribution in [1.82, 2.24) is 4.90 Å². The Morgan fingerprint density at radius 3 is 2.16 bits per heavy atom. The molecule has 0 saturated heterocycles. The lowest BCUT2D eigenvalue weighted by atomic mass is 9.66. The van der Waals surface area contributed by atoms with Crippen molar-refractivity contribution in [2.24, 2.45) is 5.92 Å². The van der Waals surface area contributed by atoms with E-state index in [4.69, 9.17) is 0 Å². The topological polar surface area (TPSA) is 3.24 Å². The van der Waals surface area contributed by atoms with Crippen molar-refractivity contribution < 1.29 is 0 Å². The largest absolute Gasteiger partial charge is 0.366 e. The van der Waals surface area contributed by atoms with Gasteiger partial charge in [0, 0.05) is 41.3 Å². The zero-order chi connectivity index (χ0) is 38.1. The number of fused-ring (bicyclic) bond motifs is 11. The molecule has 1 heterocycles. The van der Waals surface area contributed by atoms with Gasteiger partial charge >= 0.3 is 0 Å². The number of aryl methyl sites for hydroxylation is 1. The summed E-state index contributed by atoms with van der Waals surface area (Å²) in [6.07, 6.45) is 8.10. The van der Waals surface area contributed by atoms with Crippen molar-refractivity contribution in [3.63, 3.8) is 0 Å². The molecule has 0 amide bonds. The zero-order valence-electron chi connectivity index (χ0n) is 33.5. The molecule has 1 heteroatoms. The molecule has 1 aliphatic heterocycles. The summed E-state index contributed by atoms with van der Waals surface area (Å²) in [4.78, 5) is 2.77. The lowest BCUT2D eigenvalue weighted by molar-refractivity contribution is 0.273. The van der Waals surface area contributed by atoms with E-state index in [1.807, 2.05) is 0 Å². The highest BCUT2D eigenvalue weighted by atomic mass is 15.2. The molecule has 1 nitrogen and oxygen atoms in total. The third kappa shape index (κ3) is 4.51. The molecule has 6 aromatic rings. The van der Waals surface area contributed by atoms with Crippen molar-refractivity contribution in [2.45, 2.75) is 82.6 Å². The van der Waals surface area contributed by atoms with Crippen LogP contribution in [0.2, 0.25) is 0 Å². The summed E-state index contributed by atoms with van der Waals surface area (Å²) >= 11 is 0. The summed E-state index contributed by atoms with van der Waals surface area (Å²) in [6.45, 7) is 12.2. The molecule has 56 heavy (non-hydrogen) atoms. The van der Waals surface area contributed by atoms with Gasteiger partial charge in [-0.3, -0.25) is 0 Å². The van der Waals surface area contributed by atoms with E-state index in [1.54, 1.807) is 16.8 Å². The first-order valence-corrected chi connectivity index (χ1v) is 20.8. The number of likely N-dealkylation sites (N-methyl/N-ethyl adjacent to an activating group) is 1. The van der Waals surface area contributed by atoms with Crippen LogP contribution < -0.4 is 0 Å². The van der Waals surface area contributed by atoms with Crippen molar-refractivity contribution >= 4 is 22.4 Å². The summed E-state index contributed by atoms with van der Waals surface area (Å²) in [7, 11) is 2.44. The Labute approximate surface area is 333 Å². The fourth-order valence-corrected chi connectivity index (χ4v) is 12.3. The van der Waals surface area contributed by atoms with Crippen LogP contribution in [0.5, 0.6) is 0 Å². The molecule has 0 N–H and O–H groups in total. The smallest absolute Gasteiger partial charge is 0.0799 e. The molecule has 6 aromatic carbocycles. The Bertz CT molecular complexity index is 2730. The predicted molar refractivity (Wildman–Crippen MR) is 233 cm³/mol. The molecule has 4 unspecified atom stereocenters. The molecule has 0 radical (unpaired) electrons. The number of hydrogen-bond donors (Lipinski definition) is 0. The quantitative estimate of drug-likeness (QED) is 0.176. The summed E-state index contributed by atoms with van der Waals surface area (Å²) in [5.74, 6) is 0.918. The number of nitrogens with zero attached hydrogens (tertiary/aromatic N) is 1. The number of allylic oxidation sites excluding steroid dienone is 4. The van der Waals surface area contributed by atoms with E-state index in [2.05, 4.69) is 186 Å². The van der Waals surface area contributed by atoms with Gasteiger partial charge in [0.2, 0.25) is 0 Å². The zero-order valence-corrected chi connectivity index (χ0v) is 33.5. The van der Waals surface area contributed by atoms with Crippen molar-refractivity contribution in [3.05, 3.63) is 200 Å². The molecule has 4 aliphatic carbocycles. The van der Waals surface area contributed by atoms with Crippen LogP contribution >= 0.6 is 0 Å². The van der Waals surface area contributed by atoms with E-state index >= 15 is 0 Å². The molecular formula is C55H49N. The normalized spacial score (nSPS) is 23.4. The molecule has 0 bridgehead atoms. The van der Waals surface area contributed by atoms with E-state index in [9.17, 15) is 0 Å². The second-order valence-electron chi connectivity index (χ2n) is 18.1. The van der Waals surface area contributed by atoms with Crippen LogP contribution in [-0.2, 0) is 17.3 Å². The van der Waals surface area contributed by atoms with Crippen LogP contribution in [0, 0.1) is 18.1 Å². The van der Waals surface area contributed by atoms with Gasteiger partial charge in [0.15, 0.2) is 0 Å². The molecule has 11 rings (SSSR count). The van der Waals surface area contributed by atoms with Gasteiger partial charge in [-0.15, -0.1) is 0 Å². The molecule has 0 fully saturated rings. The van der Waals surface area contributed by atoms with Crippen molar-refractivity contribution in [2.75, 3.05) is 7.05 Å². The Kier molecular flexibility index (Phi) is 7.21. The van der Waals surface area contributed by atoms with Crippen LogP contribution in [0.3, 0.4) is 0 Å². The van der Waals surface area contributed by atoms with Gasteiger partial charge in [0.05, 0.1) is 6.04 Å². The molecule has 4 atom stereocenters. The lowest BCUT2D eigenvalue weighted by Gasteiger charge is -2.47. The third-order valence-corrected chi connectivity index (χ3v) is 14.7.